The molecule has 31 heavy (non-hydrogen) atoms. The molecule has 0 radical (unpaired) electrons. The Morgan fingerprint density at radius 3 is 2.77 bits per heavy atom. The Balaban J connectivity index is 1.47. The maximum absolute atomic E-state index is 12.8. The number of thiazole rings is 1. The minimum atomic E-state index is -0.163. The molecular formula is C22H28N6O2S. The molecule has 8 nitrogen and oxygen atoms in total. The first-order chi connectivity index (χ1) is 15.1. The van der Waals surface area contributed by atoms with E-state index in [2.05, 4.69) is 38.6 Å². The molecule has 1 saturated heterocycles. The highest BCUT2D eigenvalue weighted by molar-refractivity contribution is 7.14. The third kappa shape index (κ3) is 4.77. The molecular weight excluding hydrogens is 412 g/mol. The SMILES string of the molecule is CCN(CC)CCn1c(NC(=O)Cc2csc(N3CCCC3=O)n2)nc2ccccc21. The maximum atomic E-state index is 12.8. The van der Waals surface area contributed by atoms with Crippen LogP contribution in [0.4, 0.5) is 11.1 Å². The number of fused-ring (bicyclic) bond motifs is 1. The molecule has 0 atom stereocenters. The number of rotatable bonds is 9. The summed E-state index contributed by atoms with van der Waals surface area (Å²) in [6.07, 6.45) is 1.58. The second kappa shape index (κ2) is 9.57. The van der Waals surface area contributed by atoms with Crippen molar-refractivity contribution in [3.63, 3.8) is 0 Å². The molecule has 0 bridgehead atoms. The van der Waals surface area contributed by atoms with Gasteiger partial charge >= 0.3 is 0 Å². The summed E-state index contributed by atoms with van der Waals surface area (Å²) in [5, 5.41) is 5.50. The standard InChI is InChI=1S/C22H28N6O2S/c1-3-26(4-2)12-13-27-18-9-6-5-8-17(18)24-21(27)25-19(29)14-16-15-31-22(23-16)28-11-7-10-20(28)30/h5-6,8-9,15H,3-4,7,10-14H2,1-2H3,(H,24,25,29). The summed E-state index contributed by atoms with van der Waals surface area (Å²) in [7, 11) is 0. The van der Waals surface area contributed by atoms with Crippen molar-refractivity contribution >= 4 is 45.3 Å². The van der Waals surface area contributed by atoms with Crippen LogP contribution in [0.3, 0.4) is 0 Å². The fourth-order valence-corrected chi connectivity index (χ4v) is 4.73. The van der Waals surface area contributed by atoms with Gasteiger partial charge in [-0.25, -0.2) is 9.97 Å². The van der Waals surface area contributed by atoms with E-state index in [0.717, 1.165) is 43.6 Å². The lowest BCUT2D eigenvalue weighted by Crippen LogP contribution is -2.28. The van der Waals surface area contributed by atoms with Gasteiger partial charge in [-0.2, -0.15) is 0 Å². The molecule has 1 N–H and O–H groups in total. The largest absolute Gasteiger partial charge is 0.309 e. The molecule has 1 aromatic carbocycles. The smallest absolute Gasteiger partial charge is 0.232 e. The Hall–Kier alpha value is -2.78. The second-order valence-corrected chi connectivity index (χ2v) is 8.43. The van der Waals surface area contributed by atoms with Gasteiger partial charge in [0.2, 0.25) is 17.8 Å². The molecule has 4 rings (SSSR count). The molecule has 1 aliphatic rings. The predicted molar refractivity (Wildman–Crippen MR) is 124 cm³/mol. The van der Waals surface area contributed by atoms with E-state index in [9.17, 15) is 9.59 Å². The van der Waals surface area contributed by atoms with Gasteiger partial charge in [0.25, 0.3) is 0 Å². The Kier molecular flexibility index (Phi) is 6.62. The lowest BCUT2D eigenvalue weighted by Gasteiger charge is -2.19. The summed E-state index contributed by atoms with van der Waals surface area (Å²) in [4.78, 5) is 37.9. The molecule has 0 spiro atoms. The molecule has 0 unspecified atom stereocenters. The number of carbonyl (C=O) groups is 2. The van der Waals surface area contributed by atoms with E-state index >= 15 is 0 Å². The van der Waals surface area contributed by atoms with Crippen molar-refractivity contribution in [1.82, 2.24) is 19.4 Å². The highest BCUT2D eigenvalue weighted by atomic mass is 32.1. The summed E-state index contributed by atoms with van der Waals surface area (Å²) >= 11 is 1.41. The molecule has 1 aliphatic heterocycles. The van der Waals surface area contributed by atoms with Gasteiger partial charge in [-0.05, 0) is 31.6 Å². The quantitative estimate of drug-likeness (QED) is 0.553. The molecule has 2 amide bonds. The number of imidazole rings is 1. The van der Waals surface area contributed by atoms with Gasteiger partial charge in [-0.3, -0.25) is 19.8 Å². The third-order valence-corrected chi connectivity index (χ3v) is 6.54. The number of hydrogen-bond acceptors (Lipinski definition) is 6. The van der Waals surface area contributed by atoms with Gasteiger partial charge in [-0.15, -0.1) is 11.3 Å². The Morgan fingerprint density at radius 2 is 2.03 bits per heavy atom. The van der Waals surface area contributed by atoms with Crippen molar-refractivity contribution in [3.05, 3.63) is 35.3 Å². The van der Waals surface area contributed by atoms with Crippen LogP contribution in [0.25, 0.3) is 11.0 Å². The zero-order valence-corrected chi connectivity index (χ0v) is 18.8. The van der Waals surface area contributed by atoms with Crippen LogP contribution in [0.1, 0.15) is 32.4 Å². The van der Waals surface area contributed by atoms with Gasteiger partial charge < -0.3 is 9.47 Å². The van der Waals surface area contributed by atoms with Gasteiger partial charge in [0.05, 0.1) is 23.1 Å². The Labute approximate surface area is 185 Å². The van der Waals surface area contributed by atoms with E-state index in [1.807, 2.05) is 29.6 Å². The molecule has 1 fully saturated rings. The Morgan fingerprint density at radius 1 is 1.23 bits per heavy atom. The van der Waals surface area contributed by atoms with Crippen LogP contribution in [0.5, 0.6) is 0 Å². The van der Waals surface area contributed by atoms with E-state index in [1.54, 1.807) is 4.90 Å². The predicted octanol–water partition coefficient (Wildman–Crippen LogP) is 3.14. The average molecular weight is 441 g/mol. The monoisotopic (exact) mass is 440 g/mol. The molecule has 164 valence electrons. The minimum absolute atomic E-state index is 0.104. The van der Waals surface area contributed by atoms with E-state index in [1.165, 1.54) is 11.3 Å². The highest BCUT2D eigenvalue weighted by Gasteiger charge is 2.24. The number of hydrogen-bond donors (Lipinski definition) is 1. The van der Waals surface area contributed by atoms with Crippen LogP contribution in [0, 0.1) is 0 Å². The van der Waals surface area contributed by atoms with Gasteiger partial charge in [0.15, 0.2) is 5.13 Å². The van der Waals surface area contributed by atoms with E-state index in [-0.39, 0.29) is 18.2 Å². The van der Waals surface area contributed by atoms with Crippen molar-refractivity contribution < 1.29 is 9.59 Å². The summed E-state index contributed by atoms with van der Waals surface area (Å²) < 4.78 is 2.07. The number of para-hydroxylation sites is 2. The highest BCUT2D eigenvalue weighted by Crippen LogP contribution is 2.26. The van der Waals surface area contributed by atoms with Crippen molar-refractivity contribution in [2.45, 2.75) is 39.7 Å². The number of nitrogens with zero attached hydrogens (tertiary/aromatic N) is 5. The minimum Gasteiger partial charge on any atom is -0.309 e. The van der Waals surface area contributed by atoms with Crippen LogP contribution in [0.2, 0.25) is 0 Å². The lowest BCUT2D eigenvalue weighted by atomic mass is 10.3. The number of amides is 2. The Bertz CT molecular complexity index is 1070. The molecule has 0 saturated carbocycles. The molecule has 9 heteroatoms. The van der Waals surface area contributed by atoms with E-state index in [4.69, 9.17) is 0 Å². The first-order valence-electron chi connectivity index (χ1n) is 10.8. The van der Waals surface area contributed by atoms with E-state index < -0.39 is 0 Å². The maximum Gasteiger partial charge on any atom is 0.232 e. The van der Waals surface area contributed by atoms with Crippen molar-refractivity contribution in [2.24, 2.45) is 0 Å². The van der Waals surface area contributed by atoms with Crippen molar-refractivity contribution in [2.75, 3.05) is 36.4 Å². The summed E-state index contributed by atoms with van der Waals surface area (Å²) in [6, 6.07) is 7.92. The molecule has 3 heterocycles. The number of carbonyl (C=O) groups excluding carboxylic acids is 2. The van der Waals surface area contributed by atoms with Gasteiger partial charge in [-0.1, -0.05) is 26.0 Å². The topological polar surface area (TPSA) is 83.4 Å². The van der Waals surface area contributed by atoms with E-state index in [0.29, 0.717) is 29.7 Å². The number of benzene rings is 1. The first-order valence-corrected chi connectivity index (χ1v) is 11.7. The number of aromatic nitrogens is 3. The molecule has 0 aliphatic carbocycles. The lowest BCUT2D eigenvalue weighted by molar-refractivity contribution is -0.117. The van der Waals surface area contributed by atoms with Gasteiger partial charge in [0.1, 0.15) is 0 Å². The van der Waals surface area contributed by atoms with Crippen molar-refractivity contribution in [3.8, 4) is 0 Å². The third-order valence-electron chi connectivity index (χ3n) is 5.63. The van der Waals surface area contributed by atoms with Crippen LogP contribution in [-0.4, -0.2) is 57.4 Å². The fourth-order valence-electron chi connectivity index (χ4n) is 3.86. The molecule has 2 aromatic heterocycles. The second-order valence-electron chi connectivity index (χ2n) is 7.60. The molecule has 3 aromatic rings. The number of nitrogens with one attached hydrogen (secondary N) is 1. The normalized spacial score (nSPS) is 14.2. The van der Waals surface area contributed by atoms with Crippen LogP contribution in [0.15, 0.2) is 29.6 Å². The summed E-state index contributed by atoms with van der Waals surface area (Å²) in [6.45, 7) is 8.60. The van der Waals surface area contributed by atoms with Crippen LogP contribution < -0.4 is 10.2 Å². The van der Waals surface area contributed by atoms with Crippen LogP contribution >= 0.6 is 11.3 Å². The van der Waals surface area contributed by atoms with Crippen molar-refractivity contribution in [1.29, 1.82) is 0 Å². The summed E-state index contributed by atoms with van der Waals surface area (Å²) in [5.74, 6) is 0.500. The zero-order valence-electron chi connectivity index (χ0n) is 18.0. The first kappa shape index (κ1) is 21.5. The zero-order chi connectivity index (χ0) is 21.8. The average Bonchev–Trinajstić information content (AvgIpc) is 3.47. The summed E-state index contributed by atoms with van der Waals surface area (Å²) in [5.41, 5.74) is 2.54. The number of likely N-dealkylation sites (N-methyl/N-ethyl adjacent to an activating group) is 1. The number of anilines is 2. The van der Waals surface area contributed by atoms with Crippen LogP contribution in [-0.2, 0) is 22.6 Å². The van der Waals surface area contributed by atoms with Gasteiger partial charge in [0, 0.05) is 31.4 Å². The fraction of sp³-hybridized carbons (Fsp3) is 0.455.